The third kappa shape index (κ3) is 4.61. The molecule has 28 heavy (non-hydrogen) atoms. The Labute approximate surface area is 168 Å². The predicted octanol–water partition coefficient (Wildman–Crippen LogP) is 3.68. The number of halogens is 2. The molecule has 0 spiro atoms. The SMILES string of the molecule is COc1ccc2cc(C[NH+](C)[C@@H](C)C(=O)Nc3ccc(F)cc3Cl)ccc2c1. The maximum absolute atomic E-state index is 13.2. The van der Waals surface area contributed by atoms with E-state index in [-0.39, 0.29) is 17.0 Å². The Balaban J connectivity index is 1.68. The molecule has 146 valence electrons. The number of ether oxygens (including phenoxy) is 1. The van der Waals surface area contributed by atoms with Gasteiger partial charge < -0.3 is 15.0 Å². The van der Waals surface area contributed by atoms with Gasteiger partial charge in [0.25, 0.3) is 5.91 Å². The van der Waals surface area contributed by atoms with Crippen LogP contribution in [-0.4, -0.2) is 26.1 Å². The summed E-state index contributed by atoms with van der Waals surface area (Å²) in [6, 6.07) is 15.8. The van der Waals surface area contributed by atoms with Gasteiger partial charge in [-0.3, -0.25) is 4.79 Å². The molecule has 3 aromatic rings. The number of hydrogen-bond acceptors (Lipinski definition) is 2. The molecule has 0 aliphatic carbocycles. The summed E-state index contributed by atoms with van der Waals surface area (Å²) in [5, 5.41) is 5.19. The Morgan fingerprint density at radius 1 is 1.14 bits per heavy atom. The third-order valence-electron chi connectivity index (χ3n) is 4.92. The molecule has 0 aromatic heterocycles. The summed E-state index contributed by atoms with van der Waals surface area (Å²) in [6.45, 7) is 2.54. The summed E-state index contributed by atoms with van der Waals surface area (Å²) < 4.78 is 18.4. The van der Waals surface area contributed by atoms with Gasteiger partial charge in [-0.2, -0.15) is 0 Å². The summed E-state index contributed by atoms with van der Waals surface area (Å²) in [5.41, 5.74) is 1.54. The van der Waals surface area contributed by atoms with Gasteiger partial charge in [-0.1, -0.05) is 29.8 Å². The number of fused-ring (bicyclic) bond motifs is 1. The molecular formula is C22H23ClFN2O2+. The van der Waals surface area contributed by atoms with Crippen LogP contribution in [0, 0.1) is 5.82 Å². The van der Waals surface area contributed by atoms with Crippen molar-refractivity contribution in [2.24, 2.45) is 0 Å². The van der Waals surface area contributed by atoms with E-state index in [0.29, 0.717) is 12.2 Å². The Morgan fingerprint density at radius 2 is 1.86 bits per heavy atom. The Hall–Kier alpha value is -2.63. The van der Waals surface area contributed by atoms with Crippen LogP contribution in [0.1, 0.15) is 12.5 Å². The highest BCUT2D eigenvalue weighted by Crippen LogP contribution is 2.23. The number of amides is 1. The van der Waals surface area contributed by atoms with E-state index >= 15 is 0 Å². The summed E-state index contributed by atoms with van der Waals surface area (Å²) in [6.07, 6.45) is 0. The van der Waals surface area contributed by atoms with E-state index in [2.05, 4.69) is 23.5 Å². The zero-order valence-electron chi connectivity index (χ0n) is 16.1. The van der Waals surface area contributed by atoms with Gasteiger partial charge in [-0.15, -0.1) is 0 Å². The van der Waals surface area contributed by atoms with Crippen molar-refractivity contribution in [1.82, 2.24) is 0 Å². The van der Waals surface area contributed by atoms with E-state index in [1.54, 1.807) is 7.11 Å². The average Bonchev–Trinajstić information content (AvgIpc) is 2.68. The molecule has 1 unspecified atom stereocenters. The number of carbonyl (C=O) groups excluding carboxylic acids is 1. The summed E-state index contributed by atoms with van der Waals surface area (Å²) in [7, 11) is 3.62. The van der Waals surface area contributed by atoms with E-state index in [1.807, 2.05) is 32.2 Å². The molecular weight excluding hydrogens is 379 g/mol. The van der Waals surface area contributed by atoms with E-state index in [4.69, 9.17) is 16.3 Å². The summed E-state index contributed by atoms with van der Waals surface area (Å²) >= 11 is 5.99. The summed E-state index contributed by atoms with van der Waals surface area (Å²) in [4.78, 5) is 13.6. The normalized spacial score (nSPS) is 13.2. The highest BCUT2D eigenvalue weighted by Gasteiger charge is 2.23. The average molecular weight is 402 g/mol. The highest BCUT2D eigenvalue weighted by molar-refractivity contribution is 6.33. The maximum atomic E-state index is 13.2. The van der Waals surface area contributed by atoms with Crippen LogP contribution in [-0.2, 0) is 11.3 Å². The van der Waals surface area contributed by atoms with Crippen molar-refractivity contribution in [2.75, 3.05) is 19.5 Å². The Kier molecular flexibility index (Phi) is 6.17. The van der Waals surface area contributed by atoms with Crippen molar-refractivity contribution in [2.45, 2.75) is 19.5 Å². The van der Waals surface area contributed by atoms with Gasteiger partial charge >= 0.3 is 0 Å². The number of quaternary nitrogens is 1. The van der Waals surface area contributed by atoms with E-state index in [1.165, 1.54) is 18.2 Å². The second-order valence-electron chi connectivity index (χ2n) is 6.91. The van der Waals surface area contributed by atoms with E-state index in [0.717, 1.165) is 27.0 Å². The van der Waals surface area contributed by atoms with Crippen molar-refractivity contribution in [1.29, 1.82) is 0 Å². The highest BCUT2D eigenvalue weighted by atomic mass is 35.5. The molecule has 0 saturated carbocycles. The number of hydrogen-bond donors (Lipinski definition) is 2. The molecule has 0 aliphatic rings. The molecule has 0 aliphatic heterocycles. The number of rotatable bonds is 6. The quantitative estimate of drug-likeness (QED) is 0.661. The molecule has 0 fully saturated rings. The van der Waals surface area contributed by atoms with Crippen LogP contribution in [0.25, 0.3) is 10.8 Å². The van der Waals surface area contributed by atoms with Gasteiger partial charge in [0.05, 0.1) is 24.9 Å². The molecule has 0 bridgehead atoms. The molecule has 1 amide bonds. The zero-order valence-corrected chi connectivity index (χ0v) is 16.8. The first-order valence-corrected chi connectivity index (χ1v) is 9.40. The van der Waals surface area contributed by atoms with Gasteiger partial charge in [0.1, 0.15) is 18.1 Å². The fraction of sp³-hybridized carbons (Fsp3) is 0.227. The van der Waals surface area contributed by atoms with Crippen LogP contribution < -0.4 is 15.0 Å². The first-order valence-electron chi connectivity index (χ1n) is 9.02. The van der Waals surface area contributed by atoms with Crippen LogP contribution in [0.2, 0.25) is 5.02 Å². The molecule has 0 radical (unpaired) electrons. The number of methoxy groups -OCH3 is 1. The van der Waals surface area contributed by atoms with Crippen LogP contribution in [0.5, 0.6) is 5.75 Å². The molecule has 2 atom stereocenters. The lowest BCUT2D eigenvalue weighted by Gasteiger charge is -2.21. The number of carbonyl (C=O) groups is 1. The lowest BCUT2D eigenvalue weighted by Crippen LogP contribution is -3.12. The predicted molar refractivity (Wildman–Crippen MR) is 111 cm³/mol. The largest absolute Gasteiger partial charge is 0.497 e. The molecule has 0 saturated heterocycles. The van der Waals surface area contributed by atoms with E-state index < -0.39 is 5.82 Å². The monoisotopic (exact) mass is 401 g/mol. The maximum Gasteiger partial charge on any atom is 0.282 e. The van der Waals surface area contributed by atoms with E-state index in [9.17, 15) is 9.18 Å². The second kappa shape index (κ2) is 8.59. The zero-order chi connectivity index (χ0) is 20.3. The van der Waals surface area contributed by atoms with Crippen molar-refractivity contribution in [3.63, 3.8) is 0 Å². The summed E-state index contributed by atoms with van der Waals surface area (Å²) in [5.74, 6) is 0.219. The first-order chi connectivity index (χ1) is 13.4. The number of benzene rings is 3. The van der Waals surface area contributed by atoms with Gasteiger partial charge in [-0.05, 0) is 54.1 Å². The van der Waals surface area contributed by atoms with Crippen molar-refractivity contribution >= 4 is 34.0 Å². The molecule has 2 N–H and O–H groups in total. The topological polar surface area (TPSA) is 42.8 Å². The number of nitrogens with one attached hydrogen (secondary N) is 2. The Bertz CT molecular complexity index is 1010. The number of likely N-dealkylation sites (N-methyl/N-ethyl adjacent to an activating group) is 1. The standard InChI is InChI=1S/C22H22ClFN2O2/c1-14(22(27)25-21-9-7-18(24)12-20(21)23)26(2)13-15-4-5-17-11-19(28-3)8-6-16(17)10-15/h4-12,14H,13H2,1-3H3,(H,25,27)/p+1/t14-/m0/s1. The third-order valence-corrected chi connectivity index (χ3v) is 5.23. The van der Waals surface area contributed by atoms with Crippen molar-refractivity contribution in [3.05, 3.63) is 71.0 Å². The minimum Gasteiger partial charge on any atom is -0.497 e. The Morgan fingerprint density at radius 3 is 2.57 bits per heavy atom. The minimum absolute atomic E-state index is 0.170. The van der Waals surface area contributed by atoms with Gasteiger partial charge in [0.15, 0.2) is 6.04 Å². The first kappa shape index (κ1) is 20.1. The molecule has 3 aromatic carbocycles. The van der Waals surface area contributed by atoms with Gasteiger partial charge in [0.2, 0.25) is 0 Å². The van der Waals surface area contributed by atoms with Crippen LogP contribution >= 0.6 is 11.6 Å². The lowest BCUT2D eigenvalue weighted by molar-refractivity contribution is -0.907. The van der Waals surface area contributed by atoms with Crippen molar-refractivity contribution in [3.8, 4) is 5.75 Å². The van der Waals surface area contributed by atoms with Gasteiger partial charge in [-0.25, -0.2) is 4.39 Å². The second-order valence-corrected chi connectivity index (χ2v) is 7.31. The van der Waals surface area contributed by atoms with Crippen molar-refractivity contribution < 1.29 is 18.8 Å². The fourth-order valence-corrected chi connectivity index (χ4v) is 3.26. The minimum atomic E-state index is -0.437. The van der Waals surface area contributed by atoms with Gasteiger partial charge in [0, 0.05) is 5.56 Å². The molecule has 6 heteroatoms. The molecule has 3 rings (SSSR count). The van der Waals surface area contributed by atoms with Crippen LogP contribution in [0.4, 0.5) is 10.1 Å². The van der Waals surface area contributed by atoms with Crippen LogP contribution in [0.15, 0.2) is 54.6 Å². The lowest BCUT2D eigenvalue weighted by atomic mass is 10.1. The number of anilines is 1. The fourth-order valence-electron chi connectivity index (χ4n) is 3.04. The molecule has 4 nitrogen and oxygen atoms in total. The van der Waals surface area contributed by atoms with Crippen LogP contribution in [0.3, 0.4) is 0 Å². The smallest absolute Gasteiger partial charge is 0.282 e. The molecule has 0 heterocycles.